The van der Waals surface area contributed by atoms with E-state index in [2.05, 4.69) is 12.2 Å². The lowest BCUT2D eigenvalue weighted by molar-refractivity contribution is 0.537. The van der Waals surface area contributed by atoms with E-state index in [0.717, 1.165) is 30.3 Å². The first-order chi connectivity index (χ1) is 7.22. The Morgan fingerprint density at radius 1 is 1.47 bits per heavy atom. The number of fused-ring (bicyclic) bond motifs is 1. The van der Waals surface area contributed by atoms with Gasteiger partial charge in [-0.25, -0.2) is 8.78 Å². The first-order valence-corrected chi connectivity index (χ1v) is 6.06. The summed E-state index contributed by atoms with van der Waals surface area (Å²) in [7, 11) is 0. The van der Waals surface area contributed by atoms with E-state index in [4.69, 9.17) is 0 Å². The van der Waals surface area contributed by atoms with Gasteiger partial charge in [0.05, 0.1) is 0 Å². The van der Waals surface area contributed by atoms with Crippen molar-refractivity contribution in [2.75, 3.05) is 12.3 Å². The van der Waals surface area contributed by atoms with Crippen molar-refractivity contribution in [2.45, 2.75) is 24.3 Å². The molecule has 15 heavy (non-hydrogen) atoms. The molecule has 2 rings (SSSR count). The molecule has 82 valence electrons. The number of halogens is 2. The van der Waals surface area contributed by atoms with E-state index < -0.39 is 11.6 Å². The lowest BCUT2D eigenvalue weighted by Crippen LogP contribution is -2.21. The fourth-order valence-corrected chi connectivity index (χ4v) is 2.93. The average Bonchev–Trinajstić information content (AvgIpc) is 2.58. The summed E-state index contributed by atoms with van der Waals surface area (Å²) in [6.07, 6.45) is 1.02. The molecule has 4 heteroatoms. The Morgan fingerprint density at radius 2 is 2.27 bits per heavy atom. The second kappa shape index (κ2) is 4.49. The van der Waals surface area contributed by atoms with Gasteiger partial charge in [0.15, 0.2) is 0 Å². The largest absolute Gasteiger partial charge is 0.309 e. The van der Waals surface area contributed by atoms with E-state index in [9.17, 15) is 8.78 Å². The topological polar surface area (TPSA) is 12.0 Å². The number of thioether (sulfide) groups is 1. The van der Waals surface area contributed by atoms with Crippen LogP contribution in [0.4, 0.5) is 8.78 Å². The van der Waals surface area contributed by atoms with Gasteiger partial charge in [0.2, 0.25) is 0 Å². The van der Waals surface area contributed by atoms with Crippen LogP contribution in [-0.2, 0) is 0 Å². The SMILES string of the molecule is CCCNC1CSc2c(F)cc(F)cc21. The molecular formula is C11H13F2NS. The number of benzene rings is 1. The molecule has 1 nitrogen and oxygen atoms in total. The van der Waals surface area contributed by atoms with Crippen LogP contribution in [0.15, 0.2) is 17.0 Å². The van der Waals surface area contributed by atoms with Gasteiger partial charge in [-0.3, -0.25) is 0 Å². The summed E-state index contributed by atoms with van der Waals surface area (Å²) in [6.45, 7) is 2.95. The smallest absolute Gasteiger partial charge is 0.140 e. The first kappa shape index (κ1) is 10.9. The molecule has 0 radical (unpaired) electrons. The zero-order valence-corrected chi connectivity index (χ0v) is 9.33. The Kier molecular flexibility index (Phi) is 3.26. The quantitative estimate of drug-likeness (QED) is 0.854. The fraction of sp³-hybridized carbons (Fsp3) is 0.455. The lowest BCUT2D eigenvalue weighted by atomic mass is 10.1. The highest BCUT2D eigenvalue weighted by molar-refractivity contribution is 7.99. The molecule has 1 aromatic carbocycles. The van der Waals surface area contributed by atoms with Crippen LogP contribution in [0.5, 0.6) is 0 Å². The van der Waals surface area contributed by atoms with Crippen LogP contribution in [-0.4, -0.2) is 12.3 Å². The van der Waals surface area contributed by atoms with Gasteiger partial charge in [-0.15, -0.1) is 11.8 Å². The van der Waals surface area contributed by atoms with Crippen molar-refractivity contribution in [3.8, 4) is 0 Å². The molecular weight excluding hydrogens is 216 g/mol. The maximum atomic E-state index is 13.4. The minimum Gasteiger partial charge on any atom is -0.309 e. The Balaban J connectivity index is 2.25. The van der Waals surface area contributed by atoms with Gasteiger partial charge in [-0.2, -0.15) is 0 Å². The monoisotopic (exact) mass is 229 g/mol. The Morgan fingerprint density at radius 3 is 3.00 bits per heavy atom. The molecule has 1 atom stereocenters. The van der Waals surface area contributed by atoms with Crippen LogP contribution < -0.4 is 5.32 Å². The summed E-state index contributed by atoms with van der Waals surface area (Å²) in [5.74, 6) is -0.136. The Labute approximate surface area is 92.3 Å². The third kappa shape index (κ3) is 2.16. The van der Waals surface area contributed by atoms with Crippen LogP contribution in [0.3, 0.4) is 0 Å². The Hall–Kier alpha value is -0.610. The fourth-order valence-electron chi connectivity index (χ4n) is 1.74. The van der Waals surface area contributed by atoms with Gasteiger partial charge in [0, 0.05) is 22.8 Å². The highest BCUT2D eigenvalue weighted by Crippen LogP contribution is 2.40. The molecule has 0 saturated heterocycles. The van der Waals surface area contributed by atoms with Crippen LogP contribution in [0.1, 0.15) is 24.9 Å². The molecule has 0 saturated carbocycles. The molecule has 1 aromatic rings. The maximum absolute atomic E-state index is 13.4. The van der Waals surface area contributed by atoms with Crippen molar-refractivity contribution in [2.24, 2.45) is 0 Å². The van der Waals surface area contributed by atoms with Gasteiger partial charge >= 0.3 is 0 Å². The van der Waals surface area contributed by atoms with Crippen molar-refractivity contribution in [3.05, 3.63) is 29.3 Å². The van der Waals surface area contributed by atoms with Crippen LogP contribution >= 0.6 is 11.8 Å². The number of rotatable bonds is 3. The van der Waals surface area contributed by atoms with Crippen LogP contribution in [0, 0.1) is 11.6 Å². The minimum absolute atomic E-state index is 0.0927. The van der Waals surface area contributed by atoms with Gasteiger partial charge in [0.1, 0.15) is 11.6 Å². The van der Waals surface area contributed by atoms with Crippen molar-refractivity contribution >= 4 is 11.8 Å². The molecule has 1 heterocycles. The molecule has 0 aromatic heterocycles. The number of nitrogens with one attached hydrogen (secondary N) is 1. The summed E-state index contributed by atoms with van der Waals surface area (Å²) in [5, 5.41) is 3.29. The second-order valence-electron chi connectivity index (χ2n) is 3.62. The molecule has 1 unspecified atom stereocenters. The summed E-state index contributed by atoms with van der Waals surface area (Å²) in [4.78, 5) is 0.602. The van der Waals surface area contributed by atoms with E-state index in [1.165, 1.54) is 17.8 Å². The third-order valence-electron chi connectivity index (χ3n) is 2.45. The van der Waals surface area contributed by atoms with E-state index in [0.29, 0.717) is 4.90 Å². The highest BCUT2D eigenvalue weighted by atomic mass is 32.2. The average molecular weight is 229 g/mol. The van der Waals surface area contributed by atoms with Gasteiger partial charge in [-0.05, 0) is 24.6 Å². The number of hydrogen-bond donors (Lipinski definition) is 1. The van der Waals surface area contributed by atoms with Crippen molar-refractivity contribution in [1.29, 1.82) is 0 Å². The summed E-state index contributed by atoms with van der Waals surface area (Å²) in [5.41, 5.74) is 0.769. The molecule has 1 aliphatic heterocycles. The van der Waals surface area contributed by atoms with Crippen molar-refractivity contribution < 1.29 is 8.78 Å². The summed E-state index contributed by atoms with van der Waals surface area (Å²) < 4.78 is 26.4. The predicted molar refractivity (Wildman–Crippen MR) is 58.1 cm³/mol. The van der Waals surface area contributed by atoms with E-state index >= 15 is 0 Å². The zero-order valence-electron chi connectivity index (χ0n) is 8.52. The van der Waals surface area contributed by atoms with Crippen LogP contribution in [0.2, 0.25) is 0 Å². The maximum Gasteiger partial charge on any atom is 0.140 e. The minimum atomic E-state index is -0.489. The summed E-state index contributed by atoms with van der Waals surface area (Å²) in [6, 6.07) is 2.48. The second-order valence-corrected chi connectivity index (χ2v) is 4.65. The van der Waals surface area contributed by atoms with Gasteiger partial charge in [0.25, 0.3) is 0 Å². The van der Waals surface area contributed by atoms with Crippen molar-refractivity contribution in [3.63, 3.8) is 0 Å². The molecule has 0 bridgehead atoms. The highest BCUT2D eigenvalue weighted by Gasteiger charge is 2.26. The normalized spacial score (nSPS) is 19.3. The Bertz CT molecular complexity index is 368. The molecule has 0 amide bonds. The predicted octanol–water partition coefficient (Wildman–Crippen LogP) is 3.11. The standard InChI is InChI=1S/C11H13F2NS/c1-2-3-14-10-6-15-11-8(10)4-7(12)5-9(11)13/h4-5,10,14H,2-3,6H2,1H3. The van der Waals surface area contributed by atoms with E-state index in [-0.39, 0.29) is 6.04 Å². The first-order valence-electron chi connectivity index (χ1n) is 5.07. The lowest BCUT2D eigenvalue weighted by Gasteiger charge is -2.12. The number of hydrogen-bond acceptors (Lipinski definition) is 2. The van der Waals surface area contributed by atoms with Crippen LogP contribution in [0.25, 0.3) is 0 Å². The van der Waals surface area contributed by atoms with Gasteiger partial charge in [-0.1, -0.05) is 6.92 Å². The molecule has 1 N–H and O–H groups in total. The molecule has 0 spiro atoms. The van der Waals surface area contributed by atoms with Gasteiger partial charge < -0.3 is 5.32 Å². The van der Waals surface area contributed by atoms with E-state index in [1.54, 1.807) is 0 Å². The summed E-state index contributed by atoms with van der Waals surface area (Å²) >= 11 is 1.46. The molecule has 0 aliphatic carbocycles. The molecule has 1 aliphatic rings. The van der Waals surface area contributed by atoms with E-state index in [1.807, 2.05) is 0 Å². The zero-order chi connectivity index (χ0) is 10.8. The molecule has 0 fully saturated rings. The van der Waals surface area contributed by atoms with Crippen molar-refractivity contribution in [1.82, 2.24) is 5.32 Å². The third-order valence-corrected chi connectivity index (χ3v) is 3.67.